The standard InChI is InChI=1S/C26H26N4O2/c1-32-21-8-4-6-18(12-21)24-15-27-16-25(29-24)19-7-5-11-30(17-19)26(31)13-20-14-28-23-10-3-2-9-22(20)23/h2-4,6,8-10,12,14-16,19,28H,5,7,11,13,17H2,1H3/t19-/m1/s1. The number of nitrogens with one attached hydrogen (secondary N) is 1. The molecule has 0 radical (unpaired) electrons. The highest BCUT2D eigenvalue weighted by Crippen LogP contribution is 2.29. The number of ether oxygens (including phenoxy) is 1. The van der Waals surface area contributed by atoms with Crippen LogP contribution in [0.1, 0.15) is 30.0 Å². The molecule has 1 aliphatic rings. The molecule has 1 fully saturated rings. The summed E-state index contributed by atoms with van der Waals surface area (Å²) in [6.45, 7) is 1.47. The highest BCUT2D eigenvalue weighted by Gasteiger charge is 2.26. The molecule has 1 aliphatic heterocycles. The lowest BCUT2D eigenvalue weighted by atomic mass is 9.94. The second kappa shape index (κ2) is 8.83. The van der Waals surface area contributed by atoms with Crippen LogP contribution in [0.2, 0.25) is 0 Å². The number of methoxy groups -OCH3 is 1. The molecule has 162 valence electrons. The van der Waals surface area contributed by atoms with Crippen molar-refractivity contribution in [3.63, 3.8) is 0 Å². The maximum atomic E-state index is 13.1. The molecule has 3 heterocycles. The third kappa shape index (κ3) is 4.08. The summed E-state index contributed by atoms with van der Waals surface area (Å²) < 4.78 is 5.34. The summed E-state index contributed by atoms with van der Waals surface area (Å²) in [4.78, 5) is 27.7. The number of likely N-dealkylation sites (tertiary alicyclic amines) is 1. The number of aromatic amines is 1. The number of carbonyl (C=O) groups excluding carboxylic acids is 1. The predicted molar refractivity (Wildman–Crippen MR) is 125 cm³/mol. The van der Waals surface area contributed by atoms with Gasteiger partial charge in [-0.1, -0.05) is 30.3 Å². The number of amides is 1. The fourth-order valence-electron chi connectivity index (χ4n) is 4.50. The molecule has 0 aliphatic carbocycles. The first-order chi connectivity index (χ1) is 15.7. The average Bonchev–Trinajstić information content (AvgIpc) is 3.27. The first-order valence-electron chi connectivity index (χ1n) is 11.0. The molecule has 5 rings (SSSR count). The van der Waals surface area contributed by atoms with E-state index in [1.807, 2.05) is 59.8 Å². The van der Waals surface area contributed by atoms with Crippen molar-refractivity contribution < 1.29 is 9.53 Å². The second-order valence-electron chi connectivity index (χ2n) is 8.28. The summed E-state index contributed by atoms with van der Waals surface area (Å²) >= 11 is 0. The molecule has 2 aromatic heterocycles. The summed E-state index contributed by atoms with van der Waals surface area (Å²) in [6.07, 6.45) is 7.95. The second-order valence-corrected chi connectivity index (χ2v) is 8.28. The van der Waals surface area contributed by atoms with Crippen LogP contribution in [-0.2, 0) is 11.2 Å². The van der Waals surface area contributed by atoms with Crippen LogP contribution >= 0.6 is 0 Å². The molecule has 1 amide bonds. The van der Waals surface area contributed by atoms with Crippen LogP contribution in [0.15, 0.2) is 67.1 Å². The van der Waals surface area contributed by atoms with E-state index in [4.69, 9.17) is 9.72 Å². The number of aromatic nitrogens is 3. The van der Waals surface area contributed by atoms with Gasteiger partial charge in [-0.15, -0.1) is 0 Å². The minimum Gasteiger partial charge on any atom is -0.497 e. The van der Waals surface area contributed by atoms with E-state index in [0.29, 0.717) is 13.0 Å². The van der Waals surface area contributed by atoms with Crippen molar-refractivity contribution in [2.24, 2.45) is 0 Å². The number of benzene rings is 2. The smallest absolute Gasteiger partial charge is 0.227 e. The van der Waals surface area contributed by atoms with Gasteiger partial charge in [0.1, 0.15) is 5.75 Å². The van der Waals surface area contributed by atoms with E-state index in [0.717, 1.165) is 58.6 Å². The Morgan fingerprint density at radius 2 is 2.09 bits per heavy atom. The van der Waals surface area contributed by atoms with Gasteiger partial charge in [-0.25, -0.2) is 4.98 Å². The van der Waals surface area contributed by atoms with E-state index < -0.39 is 0 Å². The monoisotopic (exact) mass is 426 g/mol. The quantitative estimate of drug-likeness (QED) is 0.507. The number of rotatable bonds is 5. The first-order valence-corrected chi connectivity index (χ1v) is 11.0. The van der Waals surface area contributed by atoms with Crippen LogP contribution in [0.3, 0.4) is 0 Å². The Morgan fingerprint density at radius 1 is 1.19 bits per heavy atom. The first kappa shape index (κ1) is 20.2. The van der Waals surface area contributed by atoms with Gasteiger partial charge in [-0.05, 0) is 36.6 Å². The number of hydrogen-bond acceptors (Lipinski definition) is 4. The highest BCUT2D eigenvalue weighted by molar-refractivity contribution is 5.89. The summed E-state index contributed by atoms with van der Waals surface area (Å²) in [6, 6.07) is 15.9. The average molecular weight is 427 g/mol. The molecule has 1 atom stereocenters. The molecule has 0 spiro atoms. The van der Waals surface area contributed by atoms with Crippen molar-refractivity contribution in [1.82, 2.24) is 19.9 Å². The lowest BCUT2D eigenvalue weighted by molar-refractivity contribution is -0.131. The van der Waals surface area contributed by atoms with Crippen LogP contribution in [0.25, 0.3) is 22.2 Å². The topological polar surface area (TPSA) is 71.1 Å². The number of hydrogen-bond donors (Lipinski definition) is 1. The largest absolute Gasteiger partial charge is 0.497 e. The van der Waals surface area contributed by atoms with Crippen LogP contribution in [0.4, 0.5) is 0 Å². The lowest BCUT2D eigenvalue weighted by Gasteiger charge is -2.32. The maximum absolute atomic E-state index is 13.1. The Hall–Kier alpha value is -3.67. The van der Waals surface area contributed by atoms with Crippen LogP contribution in [0.5, 0.6) is 5.75 Å². The summed E-state index contributed by atoms with van der Waals surface area (Å²) in [5.41, 5.74) is 4.85. The van der Waals surface area contributed by atoms with Gasteiger partial charge in [0.15, 0.2) is 0 Å². The highest BCUT2D eigenvalue weighted by atomic mass is 16.5. The Labute approximate surface area is 187 Å². The van der Waals surface area contributed by atoms with Gasteiger partial charge in [0.25, 0.3) is 0 Å². The molecule has 2 aromatic carbocycles. The third-order valence-electron chi connectivity index (χ3n) is 6.23. The fraction of sp³-hybridized carbons (Fsp3) is 0.269. The van der Waals surface area contributed by atoms with E-state index in [1.165, 1.54) is 0 Å². The molecule has 0 bridgehead atoms. The van der Waals surface area contributed by atoms with E-state index in [1.54, 1.807) is 13.3 Å². The van der Waals surface area contributed by atoms with Crippen molar-refractivity contribution >= 4 is 16.8 Å². The number of nitrogens with zero attached hydrogens (tertiary/aromatic N) is 3. The fourth-order valence-corrected chi connectivity index (χ4v) is 4.50. The summed E-state index contributed by atoms with van der Waals surface area (Å²) in [5.74, 6) is 1.14. The Kier molecular flexibility index (Phi) is 5.58. The van der Waals surface area contributed by atoms with Crippen molar-refractivity contribution in [1.29, 1.82) is 0 Å². The lowest BCUT2D eigenvalue weighted by Crippen LogP contribution is -2.40. The maximum Gasteiger partial charge on any atom is 0.227 e. The van der Waals surface area contributed by atoms with Crippen molar-refractivity contribution in [2.75, 3.05) is 20.2 Å². The van der Waals surface area contributed by atoms with Gasteiger partial charge in [0.2, 0.25) is 5.91 Å². The number of H-pyrrole nitrogens is 1. The molecule has 32 heavy (non-hydrogen) atoms. The normalized spacial score (nSPS) is 16.3. The van der Waals surface area contributed by atoms with Gasteiger partial charge in [-0.3, -0.25) is 9.78 Å². The van der Waals surface area contributed by atoms with Gasteiger partial charge in [-0.2, -0.15) is 0 Å². The summed E-state index contributed by atoms with van der Waals surface area (Å²) in [7, 11) is 1.66. The molecular formula is C26H26N4O2. The van der Waals surface area contributed by atoms with Crippen molar-refractivity contribution in [2.45, 2.75) is 25.2 Å². The number of fused-ring (bicyclic) bond motifs is 1. The molecule has 6 nitrogen and oxygen atoms in total. The van der Waals surface area contributed by atoms with Gasteiger partial charge in [0.05, 0.1) is 31.1 Å². The predicted octanol–water partition coefficient (Wildman–Crippen LogP) is 4.58. The number of carbonyl (C=O) groups is 1. The van der Waals surface area contributed by atoms with Gasteiger partial charge >= 0.3 is 0 Å². The summed E-state index contributed by atoms with van der Waals surface area (Å²) in [5, 5.41) is 1.12. The van der Waals surface area contributed by atoms with Crippen LogP contribution in [0, 0.1) is 0 Å². The van der Waals surface area contributed by atoms with Crippen molar-refractivity contribution in [3.8, 4) is 17.0 Å². The molecule has 0 unspecified atom stereocenters. The van der Waals surface area contributed by atoms with E-state index in [9.17, 15) is 4.79 Å². The minimum absolute atomic E-state index is 0.163. The minimum atomic E-state index is 0.163. The number of piperidine rings is 1. The van der Waals surface area contributed by atoms with Crippen LogP contribution < -0.4 is 4.74 Å². The molecular weight excluding hydrogens is 400 g/mol. The third-order valence-corrected chi connectivity index (χ3v) is 6.23. The van der Waals surface area contributed by atoms with Gasteiger partial charge < -0.3 is 14.6 Å². The van der Waals surface area contributed by atoms with Gasteiger partial charge in [0, 0.05) is 47.9 Å². The molecule has 1 N–H and O–H groups in total. The van der Waals surface area contributed by atoms with Crippen molar-refractivity contribution in [3.05, 3.63) is 78.4 Å². The Balaban J connectivity index is 1.32. The zero-order chi connectivity index (χ0) is 21.9. The van der Waals surface area contributed by atoms with E-state index >= 15 is 0 Å². The Morgan fingerprint density at radius 3 is 3.00 bits per heavy atom. The molecule has 0 saturated carbocycles. The zero-order valence-corrected chi connectivity index (χ0v) is 18.1. The van der Waals surface area contributed by atoms with E-state index in [-0.39, 0.29) is 11.8 Å². The number of para-hydroxylation sites is 1. The van der Waals surface area contributed by atoms with Crippen LogP contribution in [-0.4, -0.2) is 46.0 Å². The van der Waals surface area contributed by atoms with E-state index in [2.05, 4.69) is 16.0 Å². The Bertz CT molecular complexity index is 1250. The molecule has 1 saturated heterocycles. The SMILES string of the molecule is COc1cccc(-c2cncc([C@@H]3CCCN(C(=O)Cc4c[nH]c5ccccc45)C3)n2)c1. The zero-order valence-electron chi connectivity index (χ0n) is 18.1. The molecule has 4 aromatic rings. The molecule has 6 heteroatoms.